The van der Waals surface area contributed by atoms with Crippen LogP contribution in [0.2, 0.25) is 0 Å². The van der Waals surface area contributed by atoms with Gasteiger partial charge in [-0.2, -0.15) is 5.10 Å². The third kappa shape index (κ3) is 3.32. The van der Waals surface area contributed by atoms with E-state index in [1.54, 1.807) is 0 Å². The van der Waals surface area contributed by atoms with Crippen molar-refractivity contribution in [1.29, 1.82) is 0 Å². The number of hydrogen-bond acceptors (Lipinski definition) is 2. The van der Waals surface area contributed by atoms with Gasteiger partial charge in [0.05, 0.1) is 6.10 Å². The lowest BCUT2D eigenvalue weighted by Gasteiger charge is -2.29. The van der Waals surface area contributed by atoms with Crippen LogP contribution in [-0.4, -0.2) is 21.0 Å². The molecule has 1 saturated carbocycles. The minimum Gasteiger partial charge on any atom is -0.393 e. The highest BCUT2D eigenvalue weighted by Crippen LogP contribution is 2.31. The highest BCUT2D eigenvalue weighted by molar-refractivity contribution is 5.00. The molecule has 0 amide bonds. The van der Waals surface area contributed by atoms with Gasteiger partial charge in [-0.15, -0.1) is 0 Å². The van der Waals surface area contributed by atoms with Gasteiger partial charge in [-0.05, 0) is 43.6 Å². The summed E-state index contributed by atoms with van der Waals surface area (Å²) < 4.78 is 1.90. The zero-order chi connectivity index (χ0) is 12.3. The van der Waals surface area contributed by atoms with E-state index in [1.807, 2.05) is 24.0 Å². The number of rotatable bonds is 4. The van der Waals surface area contributed by atoms with Gasteiger partial charge in [-0.25, -0.2) is 0 Å². The standard InChI is InChI=1S/C14H24N2O/c1-11-3-5-12(6-4-11)14(17)8-7-13-9-10-15-16(13)2/h9-12,14,17H,3-8H2,1-2H3. The lowest BCUT2D eigenvalue weighted by molar-refractivity contribution is 0.0686. The number of nitrogens with zero attached hydrogens (tertiary/aromatic N) is 2. The molecule has 0 radical (unpaired) electrons. The third-order valence-electron chi connectivity index (χ3n) is 4.22. The van der Waals surface area contributed by atoms with Crippen LogP contribution in [0.4, 0.5) is 0 Å². The monoisotopic (exact) mass is 236 g/mol. The summed E-state index contributed by atoms with van der Waals surface area (Å²) in [5, 5.41) is 14.4. The van der Waals surface area contributed by atoms with Gasteiger partial charge in [-0.1, -0.05) is 19.8 Å². The first-order valence-electron chi connectivity index (χ1n) is 6.81. The first-order valence-corrected chi connectivity index (χ1v) is 6.81. The predicted molar refractivity (Wildman–Crippen MR) is 68.7 cm³/mol. The molecule has 96 valence electrons. The Morgan fingerprint density at radius 3 is 2.71 bits per heavy atom. The summed E-state index contributed by atoms with van der Waals surface area (Å²) in [4.78, 5) is 0. The van der Waals surface area contributed by atoms with E-state index in [9.17, 15) is 5.11 Å². The van der Waals surface area contributed by atoms with E-state index in [-0.39, 0.29) is 6.10 Å². The summed E-state index contributed by atoms with van der Waals surface area (Å²) in [5.74, 6) is 1.38. The minimum atomic E-state index is -0.127. The lowest BCUT2D eigenvalue weighted by Crippen LogP contribution is -2.25. The average Bonchev–Trinajstić information content (AvgIpc) is 2.73. The lowest BCUT2D eigenvalue weighted by atomic mass is 9.79. The van der Waals surface area contributed by atoms with Crippen molar-refractivity contribution in [1.82, 2.24) is 9.78 Å². The van der Waals surface area contributed by atoms with E-state index >= 15 is 0 Å². The first kappa shape index (κ1) is 12.6. The summed E-state index contributed by atoms with van der Waals surface area (Å²) in [6.45, 7) is 2.32. The number of aliphatic hydroxyl groups is 1. The molecule has 3 nitrogen and oxygen atoms in total. The summed E-state index contributed by atoms with van der Waals surface area (Å²) in [7, 11) is 1.96. The maximum Gasteiger partial charge on any atom is 0.0572 e. The molecule has 1 fully saturated rings. The molecule has 3 heteroatoms. The van der Waals surface area contributed by atoms with Gasteiger partial charge in [0.25, 0.3) is 0 Å². The molecule has 1 aromatic rings. The molecule has 0 saturated heterocycles. The zero-order valence-electron chi connectivity index (χ0n) is 11.0. The van der Waals surface area contributed by atoms with E-state index in [1.165, 1.54) is 31.4 Å². The van der Waals surface area contributed by atoms with Crippen LogP contribution in [0.1, 0.15) is 44.7 Å². The van der Waals surface area contributed by atoms with Gasteiger partial charge in [-0.3, -0.25) is 4.68 Å². The molecule has 0 spiro atoms. The van der Waals surface area contributed by atoms with E-state index in [4.69, 9.17) is 0 Å². The van der Waals surface area contributed by atoms with Crippen molar-refractivity contribution in [2.24, 2.45) is 18.9 Å². The van der Waals surface area contributed by atoms with Crippen molar-refractivity contribution < 1.29 is 5.11 Å². The molecule has 2 rings (SSSR count). The Labute approximate surface area is 104 Å². The van der Waals surface area contributed by atoms with Gasteiger partial charge >= 0.3 is 0 Å². The molecule has 1 N–H and O–H groups in total. The topological polar surface area (TPSA) is 38.1 Å². The van der Waals surface area contributed by atoms with Crippen LogP contribution in [0, 0.1) is 11.8 Å². The maximum absolute atomic E-state index is 10.2. The van der Waals surface area contributed by atoms with Gasteiger partial charge in [0, 0.05) is 18.9 Å². The van der Waals surface area contributed by atoms with Gasteiger partial charge < -0.3 is 5.11 Å². The molecule has 1 atom stereocenters. The molecule has 1 aliphatic rings. The second-order valence-electron chi connectivity index (χ2n) is 5.57. The average molecular weight is 236 g/mol. The highest BCUT2D eigenvalue weighted by atomic mass is 16.3. The van der Waals surface area contributed by atoms with Crippen LogP contribution in [0.15, 0.2) is 12.3 Å². The van der Waals surface area contributed by atoms with E-state index < -0.39 is 0 Å². The van der Waals surface area contributed by atoms with Crippen molar-refractivity contribution in [2.75, 3.05) is 0 Å². The Morgan fingerprint density at radius 2 is 2.12 bits per heavy atom. The van der Waals surface area contributed by atoms with Crippen LogP contribution < -0.4 is 0 Å². The van der Waals surface area contributed by atoms with Crippen molar-refractivity contribution in [3.8, 4) is 0 Å². The fourth-order valence-electron chi connectivity index (χ4n) is 2.85. The maximum atomic E-state index is 10.2. The Kier molecular flexibility index (Phi) is 4.21. The third-order valence-corrected chi connectivity index (χ3v) is 4.22. The first-order chi connectivity index (χ1) is 8.16. The van der Waals surface area contributed by atoms with Crippen LogP contribution in [-0.2, 0) is 13.5 Å². The highest BCUT2D eigenvalue weighted by Gasteiger charge is 2.24. The van der Waals surface area contributed by atoms with Crippen LogP contribution in [0.25, 0.3) is 0 Å². The summed E-state index contributed by atoms with van der Waals surface area (Å²) in [6, 6.07) is 2.04. The predicted octanol–water partition coefficient (Wildman–Crippen LogP) is 2.54. The van der Waals surface area contributed by atoms with E-state index in [0.29, 0.717) is 5.92 Å². The van der Waals surface area contributed by atoms with Crippen molar-refractivity contribution >= 4 is 0 Å². The number of aromatic nitrogens is 2. The van der Waals surface area contributed by atoms with Crippen LogP contribution in [0.3, 0.4) is 0 Å². The summed E-state index contributed by atoms with van der Waals surface area (Å²) in [6.07, 6.45) is 8.48. The van der Waals surface area contributed by atoms with E-state index in [2.05, 4.69) is 12.0 Å². The fourth-order valence-corrected chi connectivity index (χ4v) is 2.85. The fraction of sp³-hybridized carbons (Fsp3) is 0.786. The van der Waals surface area contributed by atoms with Crippen LogP contribution in [0.5, 0.6) is 0 Å². The van der Waals surface area contributed by atoms with Gasteiger partial charge in [0.1, 0.15) is 0 Å². The normalized spacial score (nSPS) is 27.0. The molecule has 17 heavy (non-hydrogen) atoms. The molecular weight excluding hydrogens is 212 g/mol. The van der Waals surface area contributed by atoms with E-state index in [0.717, 1.165) is 18.8 Å². The molecule has 0 bridgehead atoms. The Bertz CT molecular complexity index is 340. The molecule has 0 aromatic carbocycles. The largest absolute Gasteiger partial charge is 0.393 e. The van der Waals surface area contributed by atoms with Crippen molar-refractivity contribution in [3.63, 3.8) is 0 Å². The SMILES string of the molecule is CC1CCC(C(O)CCc2ccnn2C)CC1. The molecular formula is C14H24N2O. The second-order valence-corrected chi connectivity index (χ2v) is 5.57. The Hall–Kier alpha value is -0.830. The molecule has 1 unspecified atom stereocenters. The Morgan fingerprint density at radius 1 is 1.41 bits per heavy atom. The van der Waals surface area contributed by atoms with Gasteiger partial charge in [0.2, 0.25) is 0 Å². The number of hydrogen-bond donors (Lipinski definition) is 1. The number of aryl methyl sites for hydroxylation is 2. The quantitative estimate of drug-likeness (QED) is 0.872. The Balaban J connectivity index is 1.77. The van der Waals surface area contributed by atoms with Crippen molar-refractivity contribution in [2.45, 2.75) is 51.6 Å². The molecule has 1 aromatic heterocycles. The smallest absolute Gasteiger partial charge is 0.0572 e. The van der Waals surface area contributed by atoms with Crippen molar-refractivity contribution in [3.05, 3.63) is 18.0 Å². The molecule has 0 aliphatic heterocycles. The summed E-state index contributed by atoms with van der Waals surface area (Å²) >= 11 is 0. The molecule has 1 heterocycles. The van der Waals surface area contributed by atoms with Gasteiger partial charge in [0.15, 0.2) is 0 Å². The number of aliphatic hydroxyl groups excluding tert-OH is 1. The molecule has 1 aliphatic carbocycles. The van der Waals surface area contributed by atoms with Crippen LogP contribution >= 0.6 is 0 Å². The second kappa shape index (κ2) is 5.67. The zero-order valence-corrected chi connectivity index (χ0v) is 11.0. The minimum absolute atomic E-state index is 0.127. The summed E-state index contributed by atoms with van der Waals surface area (Å²) in [5.41, 5.74) is 1.22.